The van der Waals surface area contributed by atoms with Crippen LogP contribution in [0.4, 0.5) is 6.01 Å². The van der Waals surface area contributed by atoms with E-state index in [1.807, 2.05) is 0 Å². The van der Waals surface area contributed by atoms with Gasteiger partial charge in [0.15, 0.2) is 0 Å². The Bertz CT molecular complexity index is 394. The van der Waals surface area contributed by atoms with Gasteiger partial charge in [-0.25, -0.2) is 0 Å². The number of nitrogens with zero attached hydrogens (tertiary/aromatic N) is 2. The van der Waals surface area contributed by atoms with E-state index in [0.717, 1.165) is 37.3 Å². The van der Waals surface area contributed by atoms with Crippen molar-refractivity contribution in [2.24, 2.45) is 5.92 Å². The highest BCUT2D eigenvalue weighted by Gasteiger charge is 2.22. The first-order valence-electron chi connectivity index (χ1n) is 7.42. The lowest BCUT2D eigenvalue weighted by Gasteiger charge is -2.30. The minimum Gasteiger partial charge on any atom is -0.432 e. The van der Waals surface area contributed by atoms with Gasteiger partial charge in [0.1, 0.15) is 6.26 Å². The van der Waals surface area contributed by atoms with Gasteiger partial charge in [0.2, 0.25) is 0 Å². The normalized spacial score (nSPS) is 20.8. The molecule has 1 aromatic rings. The van der Waals surface area contributed by atoms with Crippen molar-refractivity contribution in [1.29, 1.82) is 0 Å². The molecule has 0 aromatic carbocycles. The first kappa shape index (κ1) is 14.4. The topological polar surface area (TPSA) is 41.3 Å². The minimum absolute atomic E-state index is 0.109. The minimum atomic E-state index is 0.109. The molecule has 0 radical (unpaired) electrons. The van der Waals surface area contributed by atoms with Crippen molar-refractivity contribution < 1.29 is 4.42 Å². The fourth-order valence-electron chi connectivity index (χ4n) is 2.45. The molecule has 1 unspecified atom stereocenters. The van der Waals surface area contributed by atoms with Crippen molar-refractivity contribution in [3.63, 3.8) is 0 Å². The number of anilines is 1. The molecule has 0 bridgehead atoms. The molecular formula is C15H27N3O. The molecule has 0 spiro atoms. The van der Waals surface area contributed by atoms with E-state index in [9.17, 15) is 0 Å². The molecular weight excluding hydrogens is 238 g/mol. The van der Waals surface area contributed by atoms with Crippen LogP contribution in [0.15, 0.2) is 10.7 Å². The lowest BCUT2D eigenvalue weighted by molar-refractivity contribution is 0.384. The zero-order chi connectivity index (χ0) is 13.9. The summed E-state index contributed by atoms with van der Waals surface area (Å²) in [6.07, 6.45) is 5.61. The molecule has 1 fully saturated rings. The molecule has 2 rings (SSSR count). The second-order valence-electron chi connectivity index (χ2n) is 6.59. The van der Waals surface area contributed by atoms with E-state index in [1.54, 1.807) is 6.26 Å². The molecule has 0 aliphatic carbocycles. The highest BCUT2D eigenvalue weighted by molar-refractivity contribution is 5.27. The predicted octanol–water partition coefficient (Wildman–Crippen LogP) is 3.19. The van der Waals surface area contributed by atoms with Gasteiger partial charge in [-0.05, 0) is 39.5 Å². The third-order valence-electron chi connectivity index (χ3n) is 3.71. The Morgan fingerprint density at radius 3 is 2.95 bits per heavy atom. The van der Waals surface area contributed by atoms with Crippen molar-refractivity contribution in [2.45, 2.75) is 59.0 Å². The largest absolute Gasteiger partial charge is 0.432 e. The van der Waals surface area contributed by atoms with Crippen molar-refractivity contribution in [3.05, 3.63) is 12.0 Å². The maximum atomic E-state index is 5.64. The van der Waals surface area contributed by atoms with Crippen molar-refractivity contribution in [2.75, 3.05) is 18.0 Å². The first-order chi connectivity index (χ1) is 8.98. The maximum Gasteiger partial charge on any atom is 0.297 e. The summed E-state index contributed by atoms with van der Waals surface area (Å²) in [5.41, 5.74) is 1.10. The van der Waals surface area contributed by atoms with Crippen LogP contribution >= 0.6 is 0 Å². The third-order valence-corrected chi connectivity index (χ3v) is 3.71. The van der Waals surface area contributed by atoms with Crippen LogP contribution in [0.3, 0.4) is 0 Å². The average molecular weight is 265 g/mol. The van der Waals surface area contributed by atoms with Gasteiger partial charge in [-0.1, -0.05) is 13.3 Å². The van der Waals surface area contributed by atoms with Gasteiger partial charge in [0.05, 0.1) is 5.69 Å². The van der Waals surface area contributed by atoms with Gasteiger partial charge < -0.3 is 14.6 Å². The smallest absolute Gasteiger partial charge is 0.297 e. The van der Waals surface area contributed by atoms with Crippen LogP contribution in [-0.2, 0) is 6.54 Å². The van der Waals surface area contributed by atoms with Gasteiger partial charge in [-0.15, -0.1) is 0 Å². The highest BCUT2D eigenvalue weighted by Crippen LogP contribution is 2.24. The quantitative estimate of drug-likeness (QED) is 0.907. The molecule has 1 saturated heterocycles. The summed E-state index contributed by atoms with van der Waals surface area (Å²) in [7, 11) is 0. The van der Waals surface area contributed by atoms with E-state index in [-0.39, 0.29) is 5.54 Å². The molecule has 1 aliphatic heterocycles. The Hall–Kier alpha value is -1.03. The van der Waals surface area contributed by atoms with Gasteiger partial charge in [0.25, 0.3) is 6.01 Å². The summed E-state index contributed by atoms with van der Waals surface area (Å²) >= 11 is 0. The van der Waals surface area contributed by atoms with Crippen LogP contribution < -0.4 is 10.2 Å². The zero-order valence-corrected chi connectivity index (χ0v) is 12.7. The lowest BCUT2D eigenvalue weighted by Crippen LogP contribution is -2.36. The van der Waals surface area contributed by atoms with Crippen LogP contribution in [0.25, 0.3) is 0 Å². The standard InChI is InChI=1S/C15H27N3O/c1-5-12-7-6-8-18(10-12)14-17-13(11-19-14)9-16-15(2,3)4/h11-12,16H,5-10H2,1-4H3. The van der Waals surface area contributed by atoms with Crippen molar-refractivity contribution in [3.8, 4) is 0 Å². The zero-order valence-electron chi connectivity index (χ0n) is 12.7. The molecule has 4 nitrogen and oxygen atoms in total. The Balaban J connectivity index is 1.93. The lowest BCUT2D eigenvalue weighted by atomic mass is 9.96. The molecule has 1 N–H and O–H groups in total. The molecule has 108 valence electrons. The maximum absolute atomic E-state index is 5.64. The highest BCUT2D eigenvalue weighted by atomic mass is 16.4. The molecule has 1 aliphatic rings. The fourth-order valence-corrected chi connectivity index (χ4v) is 2.45. The Labute approximate surface area is 116 Å². The number of nitrogens with one attached hydrogen (secondary N) is 1. The van der Waals surface area contributed by atoms with Crippen LogP contribution in [0.1, 0.15) is 52.7 Å². The second-order valence-corrected chi connectivity index (χ2v) is 6.59. The molecule has 1 aromatic heterocycles. The number of oxazole rings is 1. The Morgan fingerprint density at radius 2 is 2.26 bits per heavy atom. The monoisotopic (exact) mass is 265 g/mol. The summed E-state index contributed by atoms with van der Waals surface area (Å²) in [4.78, 5) is 6.89. The van der Waals surface area contributed by atoms with E-state index >= 15 is 0 Å². The molecule has 2 heterocycles. The summed E-state index contributed by atoms with van der Waals surface area (Å²) in [6, 6.07) is 0.795. The third kappa shape index (κ3) is 4.23. The van der Waals surface area contributed by atoms with E-state index in [1.165, 1.54) is 19.3 Å². The first-order valence-corrected chi connectivity index (χ1v) is 7.42. The Morgan fingerprint density at radius 1 is 1.47 bits per heavy atom. The summed E-state index contributed by atoms with van der Waals surface area (Å²) < 4.78 is 5.64. The van der Waals surface area contributed by atoms with Crippen molar-refractivity contribution in [1.82, 2.24) is 10.3 Å². The average Bonchev–Trinajstić information content (AvgIpc) is 2.84. The van der Waals surface area contributed by atoms with E-state index < -0.39 is 0 Å². The second kappa shape index (κ2) is 5.95. The Kier molecular flexibility index (Phi) is 4.50. The van der Waals surface area contributed by atoms with Crippen molar-refractivity contribution >= 4 is 6.01 Å². The SMILES string of the molecule is CCC1CCCN(c2nc(CNC(C)(C)C)co2)C1. The predicted molar refractivity (Wildman–Crippen MR) is 78.3 cm³/mol. The summed E-state index contributed by atoms with van der Waals surface area (Å²) in [5.74, 6) is 0.789. The van der Waals surface area contributed by atoms with Gasteiger partial charge in [-0.3, -0.25) is 0 Å². The summed E-state index contributed by atoms with van der Waals surface area (Å²) in [6.45, 7) is 11.7. The molecule has 0 amide bonds. The summed E-state index contributed by atoms with van der Waals surface area (Å²) in [5, 5.41) is 3.43. The number of rotatable bonds is 4. The van der Waals surface area contributed by atoms with Gasteiger partial charge >= 0.3 is 0 Å². The van der Waals surface area contributed by atoms with Crippen LogP contribution in [0, 0.1) is 5.92 Å². The molecule has 4 heteroatoms. The van der Waals surface area contributed by atoms with Crippen LogP contribution in [0.2, 0.25) is 0 Å². The van der Waals surface area contributed by atoms with Gasteiger partial charge in [-0.2, -0.15) is 4.98 Å². The molecule has 0 saturated carbocycles. The number of aromatic nitrogens is 1. The number of piperidine rings is 1. The van der Waals surface area contributed by atoms with Crippen LogP contribution in [-0.4, -0.2) is 23.6 Å². The molecule has 1 atom stereocenters. The van der Waals surface area contributed by atoms with E-state index in [0.29, 0.717) is 0 Å². The molecule has 19 heavy (non-hydrogen) atoms. The van der Waals surface area contributed by atoms with Gasteiger partial charge in [0, 0.05) is 25.2 Å². The van der Waals surface area contributed by atoms with Crippen LogP contribution in [0.5, 0.6) is 0 Å². The number of hydrogen-bond acceptors (Lipinski definition) is 4. The van der Waals surface area contributed by atoms with E-state index in [2.05, 4.69) is 42.9 Å². The fraction of sp³-hybridized carbons (Fsp3) is 0.800. The number of hydrogen-bond donors (Lipinski definition) is 1. The van der Waals surface area contributed by atoms with E-state index in [4.69, 9.17) is 4.42 Å².